The molecule has 0 saturated heterocycles. The molecule has 5 heteroatoms. The van der Waals surface area contributed by atoms with Crippen LogP contribution in [0.3, 0.4) is 0 Å². The first-order valence-electron chi connectivity index (χ1n) is 5.62. The van der Waals surface area contributed by atoms with E-state index in [0.29, 0.717) is 5.92 Å². The van der Waals surface area contributed by atoms with Crippen molar-refractivity contribution in [1.29, 1.82) is 0 Å². The maximum absolute atomic E-state index is 8.78. The Labute approximate surface area is 106 Å². The zero-order chi connectivity index (χ0) is 12.8. The molecule has 0 unspecified atom stereocenters. The molecule has 1 rings (SSSR count). The van der Waals surface area contributed by atoms with Gasteiger partial charge in [0.15, 0.2) is 5.84 Å². The Morgan fingerprint density at radius 1 is 1.59 bits per heavy atom. The third kappa shape index (κ3) is 3.93. The van der Waals surface area contributed by atoms with Gasteiger partial charge in [0, 0.05) is 6.20 Å². The predicted octanol–water partition coefficient (Wildman–Crippen LogP) is 2.62. The summed E-state index contributed by atoms with van der Waals surface area (Å²) in [6.45, 7) is 6.31. The Balaban J connectivity index is 2.88. The molecule has 3 N–H and O–H groups in total. The van der Waals surface area contributed by atoms with Crippen LogP contribution in [0.4, 0.5) is 0 Å². The van der Waals surface area contributed by atoms with Crippen molar-refractivity contribution in [2.24, 2.45) is 16.8 Å². The molecule has 1 aromatic rings. The number of hydrogen-bond acceptors (Lipinski definition) is 4. The van der Waals surface area contributed by atoms with Crippen molar-refractivity contribution in [1.82, 2.24) is 4.98 Å². The first-order valence-corrected chi connectivity index (χ1v) is 6.61. The molecule has 0 aliphatic carbocycles. The molecule has 0 aliphatic heterocycles. The normalized spacial score (nSPS) is 12.1. The van der Waals surface area contributed by atoms with E-state index in [2.05, 4.69) is 24.0 Å². The van der Waals surface area contributed by atoms with Crippen LogP contribution < -0.4 is 5.73 Å². The summed E-state index contributed by atoms with van der Waals surface area (Å²) in [5.74, 6) is 1.78. The largest absolute Gasteiger partial charge is 0.409 e. The molecule has 4 nitrogen and oxygen atoms in total. The van der Waals surface area contributed by atoms with E-state index < -0.39 is 0 Å². The van der Waals surface area contributed by atoms with Crippen LogP contribution in [-0.4, -0.2) is 21.8 Å². The summed E-state index contributed by atoms with van der Waals surface area (Å²) < 4.78 is 0. The Morgan fingerprint density at radius 2 is 2.29 bits per heavy atom. The molecule has 0 aromatic carbocycles. The van der Waals surface area contributed by atoms with Gasteiger partial charge in [-0.05, 0) is 36.6 Å². The minimum absolute atomic E-state index is 0.127. The van der Waals surface area contributed by atoms with Crippen LogP contribution in [0, 0.1) is 12.8 Å². The number of pyridine rings is 1. The summed E-state index contributed by atoms with van der Waals surface area (Å²) >= 11 is 1.65. The smallest absolute Gasteiger partial charge is 0.173 e. The number of aryl methyl sites for hydroxylation is 1. The number of oxime groups is 1. The third-order valence-corrected chi connectivity index (χ3v) is 3.45. The highest BCUT2D eigenvalue weighted by Gasteiger charge is 2.12. The van der Waals surface area contributed by atoms with Crippen molar-refractivity contribution in [2.45, 2.75) is 32.2 Å². The zero-order valence-electron chi connectivity index (χ0n) is 10.5. The van der Waals surface area contributed by atoms with Gasteiger partial charge in [-0.15, -0.1) is 11.8 Å². The average molecular weight is 253 g/mol. The van der Waals surface area contributed by atoms with E-state index >= 15 is 0 Å². The first-order chi connectivity index (χ1) is 8.06. The van der Waals surface area contributed by atoms with E-state index in [9.17, 15) is 0 Å². The van der Waals surface area contributed by atoms with Gasteiger partial charge in [-0.25, -0.2) is 4.98 Å². The fourth-order valence-corrected chi connectivity index (χ4v) is 2.72. The molecule has 0 aliphatic rings. The van der Waals surface area contributed by atoms with Crippen LogP contribution in [0.15, 0.2) is 22.4 Å². The Hall–Kier alpha value is -1.23. The monoisotopic (exact) mass is 253 g/mol. The fourth-order valence-electron chi connectivity index (χ4n) is 1.40. The van der Waals surface area contributed by atoms with Crippen molar-refractivity contribution in [3.63, 3.8) is 0 Å². The Morgan fingerprint density at radius 3 is 2.88 bits per heavy atom. The summed E-state index contributed by atoms with van der Waals surface area (Å²) in [7, 11) is 0. The highest BCUT2D eigenvalue weighted by molar-refractivity contribution is 7.99. The molecular formula is C12H19N3OS. The van der Waals surface area contributed by atoms with Gasteiger partial charge in [0.25, 0.3) is 0 Å². The lowest BCUT2D eigenvalue weighted by Gasteiger charge is -2.10. The van der Waals surface area contributed by atoms with E-state index in [4.69, 9.17) is 10.9 Å². The topological polar surface area (TPSA) is 71.5 Å². The van der Waals surface area contributed by atoms with Crippen LogP contribution in [0.5, 0.6) is 0 Å². The standard InChI is InChI=1S/C12H19N3OS/c1-8(2)5-7-17-12-10(11(13)15-16)9(3)4-6-14-12/h4,6,8,16H,5,7H2,1-3H3,(H2,13,15). The fraction of sp³-hybridized carbons (Fsp3) is 0.500. The zero-order valence-corrected chi connectivity index (χ0v) is 11.3. The van der Waals surface area contributed by atoms with Crippen LogP contribution >= 0.6 is 11.8 Å². The summed E-state index contributed by atoms with van der Waals surface area (Å²) in [6, 6.07) is 1.86. The van der Waals surface area contributed by atoms with Gasteiger partial charge in [-0.2, -0.15) is 0 Å². The quantitative estimate of drug-likeness (QED) is 0.278. The number of amidine groups is 1. The van der Waals surface area contributed by atoms with Crippen LogP contribution in [0.25, 0.3) is 0 Å². The van der Waals surface area contributed by atoms with Crippen molar-refractivity contribution in [3.05, 3.63) is 23.4 Å². The average Bonchev–Trinajstić information content (AvgIpc) is 2.28. The summed E-state index contributed by atoms with van der Waals surface area (Å²) in [4.78, 5) is 4.30. The highest BCUT2D eigenvalue weighted by atomic mass is 32.2. The lowest BCUT2D eigenvalue weighted by atomic mass is 10.1. The van der Waals surface area contributed by atoms with Gasteiger partial charge in [-0.3, -0.25) is 0 Å². The van der Waals surface area contributed by atoms with Crippen LogP contribution in [0.2, 0.25) is 0 Å². The Bertz CT molecular complexity index is 405. The van der Waals surface area contributed by atoms with Crippen LogP contribution in [0.1, 0.15) is 31.4 Å². The van der Waals surface area contributed by atoms with E-state index in [0.717, 1.165) is 28.3 Å². The molecule has 0 atom stereocenters. The molecule has 1 heterocycles. The minimum atomic E-state index is 0.127. The second kappa shape index (κ2) is 6.49. The number of hydrogen-bond donors (Lipinski definition) is 2. The first kappa shape index (κ1) is 13.8. The van der Waals surface area contributed by atoms with Gasteiger partial charge in [0.1, 0.15) is 5.03 Å². The molecule has 0 radical (unpaired) electrons. The van der Waals surface area contributed by atoms with Crippen molar-refractivity contribution in [2.75, 3.05) is 5.75 Å². The van der Waals surface area contributed by atoms with Crippen molar-refractivity contribution in [3.8, 4) is 0 Å². The van der Waals surface area contributed by atoms with Gasteiger partial charge in [0.05, 0.1) is 5.56 Å². The summed E-state index contributed by atoms with van der Waals surface area (Å²) in [5, 5.41) is 12.7. The lowest BCUT2D eigenvalue weighted by Crippen LogP contribution is -2.16. The number of rotatable bonds is 5. The van der Waals surface area contributed by atoms with Gasteiger partial charge >= 0.3 is 0 Å². The number of nitrogens with zero attached hydrogens (tertiary/aromatic N) is 2. The van der Waals surface area contributed by atoms with Gasteiger partial charge in [-0.1, -0.05) is 19.0 Å². The molecular weight excluding hydrogens is 234 g/mol. The van der Waals surface area contributed by atoms with E-state index in [1.54, 1.807) is 18.0 Å². The maximum atomic E-state index is 8.78. The lowest BCUT2D eigenvalue weighted by molar-refractivity contribution is 0.318. The molecule has 0 fully saturated rings. The molecule has 0 saturated carbocycles. The molecule has 0 spiro atoms. The molecule has 1 aromatic heterocycles. The summed E-state index contributed by atoms with van der Waals surface area (Å²) in [5.41, 5.74) is 7.39. The Kier molecular flexibility index (Phi) is 5.28. The second-order valence-corrected chi connectivity index (χ2v) is 5.41. The van der Waals surface area contributed by atoms with Crippen molar-refractivity contribution >= 4 is 17.6 Å². The third-order valence-electron chi connectivity index (χ3n) is 2.42. The van der Waals surface area contributed by atoms with E-state index in [1.807, 2.05) is 13.0 Å². The van der Waals surface area contributed by atoms with Gasteiger partial charge < -0.3 is 10.9 Å². The molecule has 0 bridgehead atoms. The minimum Gasteiger partial charge on any atom is -0.409 e. The molecule has 0 amide bonds. The SMILES string of the molecule is Cc1ccnc(SCCC(C)C)c1/C(N)=N/O. The second-order valence-electron chi connectivity index (χ2n) is 4.32. The van der Waals surface area contributed by atoms with E-state index in [1.165, 1.54) is 0 Å². The van der Waals surface area contributed by atoms with Crippen LogP contribution in [-0.2, 0) is 0 Å². The molecule has 17 heavy (non-hydrogen) atoms. The highest BCUT2D eigenvalue weighted by Crippen LogP contribution is 2.24. The van der Waals surface area contributed by atoms with E-state index in [-0.39, 0.29) is 5.84 Å². The number of thioether (sulfide) groups is 1. The van der Waals surface area contributed by atoms with Gasteiger partial charge in [0.2, 0.25) is 0 Å². The predicted molar refractivity (Wildman–Crippen MR) is 71.7 cm³/mol. The number of nitrogens with two attached hydrogens (primary N) is 1. The summed E-state index contributed by atoms with van der Waals surface area (Å²) in [6.07, 6.45) is 2.87. The molecule has 94 valence electrons. The van der Waals surface area contributed by atoms with Crippen molar-refractivity contribution < 1.29 is 5.21 Å². The maximum Gasteiger partial charge on any atom is 0.173 e. The number of aromatic nitrogens is 1.